The van der Waals surface area contributed by atoms with Gasteiger partial charge in [-0.15, -0.1) is 0 Å². The van der Waals surface area contributed by atoms with Crippen molar-refractivity contribution < 1.29 is 52.3 Å². The average molecular weight is 467 g/mol. The van der Waals surface area contributed by atoms with E-state index in [4.69, 9.17) is 37.9 Å². The summed E-state index contributed by atoms with van der Waals surface area (Å²) in [6.07, 6.45) is -7.75. The molecule has 188 valence electrons. The van der Waals surface area contributed by atoms with Crippen LogP contribution in [0.3, 0.4) is 0 Å². The molecule has 0 heterocycles. The molecule has 0 saturated carbocycles. The molecule has 0 saturated heterocycles. The van der Waals surface area contributed by atoms with Gasteiger partial charge in [0.05, 0.1) is 12.2 Å². The highest BCUT2D eigenvalue weighted by molar-refractivity contribution is 5.62. The zero-order chi connectivity index (χ0) is 25.0. The summed E-state index contributed by atoms with van der Waals surface area (Å²) in [5, 5.41) is 0. The van der Waals surface area contributed by atoms with Crippen LogP contribution in [-0.2, 0) is 37.9 Å². The molecule has 0 bridgehead atoms. The second-order valence-corrected chi connectivity index (χ2v) is 7.57. The third-order valence-electron chi connectivity index (χ3n) is 5.08. The molecule has 0 rings (SSSR count). The number of methoxy groups -OCH3 is 2. The summed E-state index contributed by atoms with van der Waals surface area (Å²) in [5.41, 5.74) is 0. The zero-order valence-electron chi connectivity index (χ0n) is 20.6. The number of hydrogen-bond donors (Lipinski definition) is 0. The molecule has 3 unspecified atom stereocenters. The Bertz CT molecular complexity index is 534. The smallest absolute Gasteiger partial charge is 0.429 e. The molecule has 0 aliphatic rings. The van der Waals surface area contributed by atoms with Crippen molar-refractivity contribution in [2.45, 2.75) is 104 Å². The van der Waals surface area contributed by atoms with Crippen LogP contribution in [0.15, 0.2) is 0 Å². The van der Waals surface area contributed by atoms with Crippen molar-refractivity contribution in [1.29, 1.82) is 0 Å². The van der Waals surface area contributed by atoms with Crippen LogP contribution in [0.1, 0.15) is 55.4 Å². The van der Waals surface area contributed by atoms with E-state index in [0.29, 0.717) is 0 Å². The molecular formula is C21H38O11. The Morgan fingerprint density at radius 3 is 0.688 bits per heavy atom. The van der Waals surface area contributed by atoms with Crippen LogP contribution in [0.25, 0.3) is 0 Å². The van der Waals surface area contributed by atoms with Gasteiger partial charge in [0.25, 0.3) is 0 Å². The van der Waals surface area contributed by atoms with Gasteiger partial charge in [0.2, 0.25) is 0 Å². The highest BCUT2D eigenvalue weighted by Crippen LogP contribution is 2.12. The van der Waals surface area contributed by atoms with Crippen LogP contribution in [0.4, 0.5) is 14.4 Å². The van der Waals surface area contributed by atoms with Crippen molar-refractivity contribution in [2.75, 3.05) is 14.2 Å². The topological polar surface area (TPSA) is 125 Å². The molecule has 8 atom stereocenters. The van der Waals surface area contributed by atoms with Gasteiger partial charge in [0.1, 0.15) is 36.6 Å². The first-order chi connectivity index (χ1) is 14.8. The number of hydrogen-bond acceptors (Lipinski definition) is 11. The van der Waals surface area contributed by atoms with Gasteiger partial charge >= 0.3 is 18.5 Å². The lowest BCUT2D eigenvalue weighted by Gasteiger charge is -2.25. The van der Waals surface area contributed by atoms with E-state index in [1.165, 1.54) is 41.9 Å². The van der Waals surface area contributed by atoms with Crippen LogP contribution in [0, 0.1) is 0 Å². The van der Waals surface area contributed by atoms with Crippen LogP contribution in [-0.4, -0.2) is 81.5 Å². The lowest BCUT2D eigenvalue weighted by molar-refractivity contribution is -0.0860. The minimum absolute atomic E-state index is 0.309. The standard InChI is InChI=1S/C21H38O11/c1-11(25-9)13(3)27-19(22)29-15(5)17(7)31-21(24)32-18(8)16(6)30-20(23)28-14(4)12(2)26-10/h11-18H,1-10H3/t11-,12+,13+,14?,15?,16-,17-,18?/m0/s1. The molecule has 11 heteroatoms. The third kappa shape index (κ3) is 11.4. The quantitative estimate of drug-likeness (QED) is 0.307. The van der Waals surface area contributed by atoms with Gasteiger partial charge in [0, 0.05) is 14.2 Å². The van der Waals surface area contributed by atoms with Crippen LogP contribution in [0.2, 0.25) is 0 Å². The fraction of sp³-hybridized carbons (Fsp3) is 0.857. The van der Waals surface area contributed by atoms with Gasteiger partial charge in [-0.05, 0) is 55.4 Å². The maximum absolute atomic E-state index is 12.0. The normalized spacial score (nSPS) is 18.6. The van der Waals surface area contributed by atoms with Crippen molar-refractivity contribution in [1.82, 2.24) is 0 Å². The number of carbonyl (C=O) groups excluding carboxylic acids is 3. The molecule has 0 amide bonds. The van der Waals surface area contributed by atoms with E-state index in [9.17, 15) is 14.4 Å². The Labute approximate surface area is 189 Å². The maximum atomic E-state index is 12.0. The molecule has 0 aromatic rings. The van der Waals surface area contributed by atoms with Crippen molar-refractivity contribution in [2.24, 2.45) is 0 Å². The largest absolute Gasteiger partial charge is 0.509 e. The van der Waals surface area contributed by atoms with E-state index in [0.717, 1.165) is 0 Å². The molecule has 0 fully saturated rings. The minimum Gasteiger partial charge on any atom is -0.429 e. The molecule has 0 aromatic heterocycles. The SMILES string of the molecule is CO[C@@H](C)[C@@H](C)OC(=O)OC(C)[C@H](C)OC(=O)OC(C)[C@H](C)OC(=O)OC(C)[C@@H](C)OC. The van der Waals surface area contributed by atoms with Crippen molar-refractivity contribution in [3.05, 3.63) is 0 Å². The first kappa shape index (κ1) is 29.7. The summed E-state index contributed by atoms with van der Waals surface area (Å²) >= 11 is 0. The lowest BCUT2D eigenvalue weighted by atomic mass is 10.2. The molecule has 0 N–H and O–H groups in total. The second kappa shape index (κ2) is 14.7. The summed E-state index contributed by atoms with van der Waals surface area (Å²) in [5.74, 6) is 0. The number of carbonyl (C=O) groups is 3. The Hall–Kier alpha value is -2.27. The Balaban J connectivity index is 4.45. The Kier molecular flexibility index (Phi) is 13.7. The summed E-state index contributed by atoms with van der Waals surface area (Å²) in [6, 6.07) is 0. The van der Waals surface area contributed by atoms with Crippen LogP contribution in [0.5, 0.6) is 0 Å². The summed E-state index contributed by atoms with van der Waals surface area (Å²) in [4.78, 5) is 35.7. The predicted octanol–water partition coefficient (Wildman–Crippen LogP) is 3.85. The van der Waals surface area contributed by atoms with E-state index < -0.39 is 55.1 Å². The highest BCUT2D eigenvalue weighted by Gasteiger charge is 2.28. The first-order valence-corrected chi connectivity index (χ1v) is 10.5. The molecular weight excluding hydrogens is 428 g/mol. The molecule has 0 aliphatic carbocycles. The molecule has 0 aliphatic heterocycles. The van der Waals surface area contributed by atoms with Gasteiger partial charge in [0.15, 0.2) is 0 Å². The fourth-order valence-electron chi connectivity index (χ4n) is 1.95. The monoisotopic (exact) mass is 466 g/mol. The average Bonchev–Trinajstić information content (AvgIpc) is 2.71. The number of rotatable bonds is 12. The highest BCUT2D eigenvalue weighted by atomic mass is 16.8. The van der Waals surface area contributed by atoms with Crippen LogP contribution >= 0.6 is 0 Å². The molecule has 32 heavy (non-hydrogen) atoms. The second-order valence-electron chi connectivity index (χ2n) is 7.57. The van der Waals surface area contributed by atoms with Gasteiger partial charge in [-0.1, -0.05) is 0 Å². The Morgan fingerprint density at radius 2 is 0.531 bits per heavy atom. The van der Waals surface area contributed by atoms with E-state index in [-0.39, 0.29) is 12.2 Å². The third-order valence-corrected chi connectivity index (χ3v) is 5.08. The van der Waals surface area contributed by atoms with Crippen molar-refractivity contribution in [3.8, 4) is 0 Å². The minimum atomic E-state index is -1.01. The van der Waals surface area contributed by atoms with E-state index in [1.54, 1.807) is 27.7 Å². The molecule has 0 aromatic carbocycles. The first-order valence-electron chi connectivity index (χ1n) is 10.5. The summed E-state index contributed by atoms with van der Waals surface area (Å²) in [6.45, 7) is 13.0. The maximum Gasteiger partial charge on any atom is 0.509 e. The van der Waals surface area contributed by atoms with Crippen molar-refractivity contribution in [3.63, 3.8) is 0 Å². The van der Waals surface area contributed by atoms with Gasteiger partial charge in [-0.25, -0.2) is 14.4 Å². The summed E-state index contributed by atoms with van der Waals surface area (Å²) < 4.78 is 40.7. The van der Waals surface area contributed by atoms with Crippen molar-refractivity contribution >= 4 is 18.5 Å². The van der Waals surface area contributed by atoms with Crippen LogP contribution < -0.4 is 0 Å². The van der Waals surface area contributed by atoms with E-state index in [2.05, 4.69) is 0 Å². The Morgan fingerprint density at radius 1 is 0.375 bits per heavy atom. The van der Waals surface area contributed by atoms with Gasteiger partial charge < -0.3 is 37.9 Å². The fourth-order valence-corrected chi connectivity index (χ4v) is 1.95. The summed E-state index contributed by atoms with van der Waals surface area (Å²) in [7, 11) is 3.00. The van der Waals surface area contributed by atoms with Gasteiger partial charge in [-0.3, -0.25) is 0 Å². The predicted molar refractivity (Wildman–Crippen MR) is 112 cm³/mol. The lowest BCUT2D eigenvalue weighted by Crippen LogP contribution is -2.36. The van der Waals surface area contributed by atoms with E-state index in [1.807, 2.05) is 0 Å². The molecule has 11 nitrogen and oxygen atoms in total. The van der Waals surface area contributed by atoms with Gasteiger partial charge in [-0.2, -0.15) is 0 Å². The zero-order valence-corrected chi connectivity index (χ0v) is 20.6. The number of ether oxygens (including phenoxy) is 8. The molecule has 0 radical (unpaired) electrons. The molecule has 0 spiro atoms. The van der Waals surface area contributed by atoms with E-state index >= 15 is 0 Å².